The van der Waals surface area contributed by atoms with E-state index in [1.807, 2.05) is 6.07 Å². The van der Waals surface area contributed by atoms with Gasteiger partial charge in [-0.25, -0.2) is 9.97 Å². The molecule has 0 aliphatic carbocycles. The highest BCUT2D eigenvalue weighted by molar-refractivity contribution is 5.93. The highest BCUT2D eigenvalue weighted by Gasteiger charge is 2.09. The summed E-state index contributed by atoms with van der Waals surface area (Å²) in [4.78, 5) is 47.8. The van der Waals surface area contributed by atoms with Crippen molar-refractivity contribution in [3.63, 3.8) is 0 Å². The molecular formula is C20H17N5O3. The van der Waals surface area contributed by atoms with Gasteiger partial charge >= 0.3 is 0 Å². The van der Waals surface area contributed by atoms with E-state index in [1.165, 1.54) is 10.9 Å². The van der Waals surface area contributed by atoms with E-state index in [9.17, 15) is 14.4 Å². The molecule has 2 N–H and O–H groups in total. The molecule has 0 atom stereocenters. The van der Waals surface area contributed by atoms with Crippen molar-refractivity contribution in [1.82, 2.24) is 19.5 Å². The standard InChI is InChI=1S/C20H17N5O3/c1-25-11-21-15-7-6-12(10-14(15)20(25)28)22-18(26)9-8-17-23-16-5-3-2-4-13(16)19(27)24-17/h2-7,10-11H,8-9H2,1H3,(H,22,26)(H,23,24,27). The van der Waals surface area contributed by atoms with Crippen LogP contribution in [0.5, 0.6) is 0 Å². The number of aromatic nitrogens is 4. The van der Waals surface area contributed by atoms with Crippen molar-refractivity contribution in [2.24, 2.45) is 7.05 Å². The number of aryl methyl sites for hydroxylation is 2. The lowest BCUT2D eigenvalue weighted by molar-refractivity contribution is -0.116. The number of hydrogen-bond donors (Lipinski definition) is 2. The number of benzene rings is 2. The fourth-order valence-corrected chi connectivity index (χ4v) is 3.00. The van der Waals surface area contributed by atoms with Gasteiger partial charge in [-0.3, -0.25) is 14.4 Å². The Bertz CT molecular complexity index is 1320. The van der Waals surface area contributed by atoms with Gasteiger partial charge in [0.1, 0.15) is 5.82 Å². The summed E-state index contributed by atoms with van der Waals surface area (Å²) in [5.74, 6) is 0.214. The fourth-order valence-electron chi connectivity index (χ4n) is 3.00. The molecular weight excluding hydrogens is 358 g/mol. The van der Waals surface area contributed by atoms with Gasteiger partial charge in [-0.1, -0.05) is 12.1 Å². The number of nitrogens with one attached hydrogen (secondary N) is 2. The monoisotopic (exact) mass is 375 g/mol. The van der Waals surface area contributed by atoms with E-state index in [4.69, 9.17) is 0 Å². The van der Waals surface area contributed by atoms with E-state index in [0.29, 0.717) is 39.7 Å². The third-order valence-electron chi connectivity index (χ3n) is 4.45. The Hall–Kier alpha value is -3.81. The molecule has 8 heteroatoms. The zero-order valence-electron chi connectivity index (χ0n) is 15.1. The molecule has 28 heavy (non-hydrogen) atoms. The van der Waals surface area contributed by atoms with Gasteiger partial charge in [-0.15, -0.1) is 0 Å². The molecule has 0 bridgehead atoms. The van der Waals surface area contributed by atoms with Crippen molar-refractivity contribution in [3.05, 3.63) is 75.3 Å². The number of carbonyl (C=O) groups is 1. The van der Waals surface area contributed by atoms with Gasteiger partial charge < -0.3 is 14.9 Å². The molecule has 8 nitrogen and oxygen atoms in total. The second kappa shape index (κ2) is 7.07. The van der Waals surface area contributed by atoms with Crippen LogP contribution in [0.25, 0.3) is 21.8 Å². The lowest BCUT2D eigenvalue weighted by Gasteiger charge is -2.07. The molecule has 0 saturated carbocycles. The van der Waals surface area contributed by atoms with Crippen LogP contribution in [0.1, 0.15) is 12.2 Å². The van der Waals surface area contributed by atoms with Crippen LogP contribution in [0.15, 0.2) is 58.4 Å². The molecule has 0 unspecified atom stereocenters. The Morgan fingerprint density at radius 1 is 1.11 bits per heavy atom. The third kappa shape index (κ3) is 3.39. The molecule has 0 saturated heterocycles. The van der Waals surface area contributed by atoms with Crippen molar-refractivity contribution in [1.29, 1.82) is 0 Å². The Labute approximate surface area is 158 Å². The highest BCUT2D eigenvalue weighted by atomic mass is 16.1. The molecule has 4 rings (SSSR count). The summed E-state index contributed by atoms with van der Waals surface area (Å²) in [7, 11) is 1.62. The molecule has 2 aromatic carbocycles. The number of rotatable bonds is 4. The van der Waals surface area contributed by atoms with Crippen molar-refractivity contribution in [2.45, 2.75) is 12.8 Å². The minimum Gasteiger partial charge on any atom is -0.326 e. The van der Waals surface area contributed by atoms with Crippen LogP contribution >= 0.6 is 0 Å². The van der Waals surface area contributed by atoms with Crippen LogP contribution in [0, 0.1) is 0 Å². The van der Waals surface area contributed by atoms with Gasteiger partial charge in [0.15, 0.2) is 0 Å². The van der Waals surface area contributed by atoms with Crippen LogP contribution in [-0.2, 0) is 18.3 Å². The lowest BCUT2D eigenvalue weighted by atomic mass is 10.2. The Morgan fingerprint density at radius 2 is 1.93 bits per heavy atom. The highest BCUT2D eigenvalue weighted by Crippen LogP contribution is 2.15. The molecule has 140 valence electrons. The fraction of sp³-hybridized carbons (Fsp3) is 0.150. The smallest absolute Gasteiger partial charge is 0.260 e. The average molecular weight is 375 g/mol. The van der Waals surface area contributed by atoms with E-state index >= 15 is 0 Å². The van der Waals surface area contributed by atoms with E-state index in [1.54, 1.807) is 43.4 Å². The molecule has 4 aromatic rings. The molecule has 0 spiro atoms. The number of anilines is 1. The number of hydrogen-bond acceptors (Lipinski definition) is 5. The summed E-state index contributed by atoms with van der Waals surface area (Å²) in [5.41, 5.74) is 1.28. The van der Waals surface area contributed by atoms with Crippen molar-refractivity contribution in [2.75, 3.05) is 5.32 Å². The normalized spacial score (nSPS) is 11.0. The minimum atomic E-state index is -0.240. The molecule has 0 aliphatic rings. The van der Waals surface area contributed by atoms with Crippen LogP contribution < -0.4 is 16.4 Å². The maximum absolute atomic E-state index is 12.3. The van der Waals surface area contributed by atoms with E-state index in [0.717, 1.165) is 0 Å². The molecule has 0 aliphatic heterocycles. The first-order valence-corrected chi connectivity index (χ1v) is 8.74. The zero-order valence-corrected chi connectivity index (χ0v) is 15.1. The van der Waals surface area contributed by atoms with Gasteiger partial charge in [0.2, 0.25) is 5.91 Å². The number of fused-ring (bicyclic) bond motifs is 2. The Kier molecular flexibility index (Phi) is 4.44. The van der Waals surface area contributed by atoms with Crippen molar-refractivity contribution >= 4 is 33.4 Å². The number of para-hydroxylation sites is 1. The second-order valence-electron chi connectivity index (χ2n) is 6.47. The molecule has 0 fully saturated rings. The zero-order chi connectivity index (χ0) is 19.7. The third-order valence-corrected chi connectivity index (χ3v) is 4.45. The summed E-state index contributed by atoms with van der Waals surface area (Å²) in [5, 5.41) is 3.72. The summed E-state index contributed by atoms with van der Waals surface area (Å²) < 4.78 is 1.38. The van der Waals surface area contributed by atoms with Gasteiger partial charge in [0.05, 0.1) is 28.1 Å². The second-order valence-corrected chi connectivity index (χ2v) is 6.47. The SMILES string of the molecule is Cn1cnc2ccc(NC(=O)CCc3nc4ccccc4c(=O)[nH]3)cc2c1=O. The van der Waals surface area contributed by atoms with Gasteiger partial charge in [0.25, 0.3) is 11.1 Å². The summed E-state index contributed by atoms with van der Waals surface area (Å²) >= 11 is 0. The van der Waals surface area contributed by atoms with Gasteiger partial charge in [0, 0.05) is 25.6 Å². The summed E-state index contributed by atoms with van der Waals surface area (Å²) in [6.07, 6.45) is 1.90. The van der Waals surface area contributed by atoms with Crippen LogP contribution in [0.2, 0.25) is 0 Å². The number of carbonyl (C=O) groups excluding carboxylic acids is 1. The first kappa shape index (κ1) is 17.6. The number of nitrogens with zero attached hydrogens (tertiary/aromatic N) is 3. The topological polar surface area (TPSA) is 110 Å². The maximum atomic E-state index is 12.3. The summed E-state index contributed by atoms with van der Waals surface area (Å²) in [6, 6.07) is 12.0. The molecule has 1 amide bonds. The van der Waals surface area contributed by atoms with Crippen LogP contribution in [0.3, 0.4) is 0 Å². The van der Waals surface area contributed by atoms with E-state index in [-0.39, 0.29) is 23.4 Å². The van der Waals surface area contributed by atoms with Gasteiger partial charge in [-0.05, 0) is 30.3 Å². The predicted octanol–water partition coefficient (Wildman–Crippen LogP) is 1.74. The Balaban J connectivity index is 1.49. The number of amides is 1. The Morgan fingerprint density at radius 3 is 2.79 bits per heavy atom. The van der Waals surface area contributed by atoms with Crippen molar-refractivity contribution < 1.29 is 4.79 Å². The van der Waals surface area contributed by atoms with Crippen molar-refractivity contribution in [3.8, 4) is 0 Å². The lowest BCUT2D eigenvalue weighted by Crippen LogP contribution is -2.18. The summed E-state index contributed by atoms with van der Waals surface area (Å²) in [6.45, 7) is 0. The first-order chi connectivity index (χ1) is 13.5. The average Bonchev–Trinajstić information content (AvgIpc) is 2.70. The van der Waals surface area contributed by atoms with E-state index in [2.05, 4.69) is 20.3 Å². The van der Waals surface area contributed by atoms with Crippen LogP contribution in [-0.4, -0.2) is 25.4 Å². The van der Waals surface area contributed by atoms with Crippen LogP contribution in [0.4, 0.5) is 5.69 Å². The molecule has 0 radical (unpaired) electrons. The minimum absolute atomic E-state index is 0.143. The maximum Gasteiger partial charge on any atom is 0.260 e. The van der Waals surface area contributed by atoms with E-state index < -0.39 is 0 Å². The predicted molar refractivity (Wildman–Crippen MR) is 106 cm³/mol. The largest absolute Gasteiger partial charge is 0.326 e. The number of H-pyrrole nitrogens is 1. The first-order valence-electron chi connectivity index (χ1n) is 8.74. The van der Waals surface area contributed by atoms with Gasteiger partial charge in [-0.2, -0.15) is 0 Å². The quantitative estimate of drug-likeness (QED) is 0.565. The molecule has 2 aromatic heterocycles. The molecule has 2 heterocycles. The number of aromatic amines is 1.